The fraction of sp³-hybridized carbons (Fsp3) is 0.111. The van der Waals surface area contributed by atoms with Crippen LogP contribution in [0, 0.1) is 0 Å². The number of benzene rings is 2. The van der Waals surface area contributed by atoms with Crippen LogP contribution in [0.4, 0.5) is 0 Å². The number of phenols is 2. The summed E-state index contributed by atoms with van der Waals surface area (Å²) in [5.41, 5.74) is 0.910. The molecule has 1 aliphatic carbocycles. The van der Waals surface area contributed by atoms with E-state index in [4.69, 9.17) is 0 Å². The van der Waals surface area contributed by atoms with Crippen molar-refractivity contribution in [1.82, 2.24) is 0 Å². The summed E-state index contributed by atoms with van der Waals surface area (Å²) in [5, 5.41) is 19.7. The Bertz CT molecular complexity index is 835. The van der Waals surface area contributed by atoms with Crippen molar-refractivity contribution in [3.05, 3.63) is 64.1 Å². The molecule has 2 N–H and O–H groups in total. The number of hydrogen-bond donors (Lipinski definition) is 2. The summed E-state index contributed by atoms with van der Waals surface area (Å²) < 4.78 is 0. The molecular weight excluding hydrogens is 312 g/mol. The van der Waals surface area contributed by atoms with Crippen LogP contribution < -0.4 is 0 Å². The summed E-state index contributed by atoms with van der Waals surface area (Å²) in [4.78, 5) is 25.8. The van der Waals surface area contributed by atoms with Gasteiger partial charge in [0.1, 0.15) is 11.5 Å². The number of hydrogen-bond acceptors (Lipinski definition) is 5. The standard InChI is InChI=1S/C18H14O4S/c1-2-10-3-5-11(6-4-10)23-15-9-14(21)16-12(19)7-8-13(20)17(16)18(15)22/h3-9,19-20H,2H2,1H3. The number of aromatic hydroxyl groups is 2. The van der Waals surface area contributed by atoms with Gasteiger partial charge in [0.05, 0.1) is 16.0 Å². The smallest absolute Gasteiger partial charge is 0.204 e. The molecule has 2 aromatic rings. The van der Waals surface area contributed by atoms with Gasteiger partial charge in [-0.2, -0.15) is 0 Å². The van der Waals surface area contributed by atoms with Crippen molar-refractivity contribution in [2.75, 3.05) is 0 Å². The predicted molar refractivity (Wildman–Crippen MR) is 88.2 cm³/mol. The molecular formula is C18H14O4S. The van der Waals surface area contributed by atoms with E-state index in [-0.39, 0.29) is 27.5 Å². The lowest BCUT2D eigenvalue weighted by molar-refractivity contribution is 0.0986. The molecule has 2 aromatic carbocycles. The second kappa shape index (κ2) is 5.93. The molecule has 0 saturated heterocycles. The first-order valence-corrected chi connectivity index (χ1v) is 7.95. The van der Waals surface area contributed by atoms with Crippen molar-refractivity contribution in [2.24, 2.45) is 0 Å². The molecule has 0 saturated carbocycles. The largest absolute Gasteiger partial charge is 0.507 e. The van der Waals surface area contributed by atoms with Crippen molar-refractivity contribution in [2.45, 2.75) is 18.2 Å². The lowest BCUT2D eigenvalue weighted by Crippen LogP contribution is -2.16. The molecule has 0 aromatic heterocycles. The summed E-state index contributed by atoms with van der Waals surface area (Å²) in [6, 6.07) is 10.1. The maximum absolute atomic E-state index is 12.6. The van der Waals surface area contributed by atoms with Gasteiger partial charge in [0.25, 0.3) is 0 Å². The average Bonchev–Trinajstić information content (AvgIpc) is 2.55. The van der Waals surface area contributed by atoms with Gasteiger partial charge in [0.2, 0.25) is 5.78 Å². The number of carbonyl (C=O) groups excluding carboxylic acids is 2. The Morgan fingerprint density at radius 2 is 1.52 bits per heavy atom. The SMILES string of the molecule is CCc1ccc(SC2=CC(=O)c3c(O)ccc(O)c3C2=O)cc1. The number of carbonyl (C=O) groups is 2. The summed E-state index contributed by atoms with van der Waals surface area (Å²) in [7, 11) is 0. The number of aryl methyl sites for hydroxylation is 1. The van der Waals surface area contributed by atoms with E-state index >= 15 is 0 Å². The van der Waals surface area contributed by atoms with E-state index in [0.29, 0.717) is 0 Å². The summed E-state index contributed by atoms with van der Waals surface area (Å²) in [6.07, 6.45) is 2.13. The van der Waals surface area contributed by atoms with Crippen molar-refractivity contribution in [1.29, 1.82) is 0 Å². The normalized spacial score (nSPS) is 13.7. The summed E-state index contributed by atoms with van der Waals surface area (Å²) in [6.45, 7) is 2.06. The van der Waals surface area contributed by atoms with Gasteiger partial charge >= 0.3 is 0 Å². The van der Waals surface area contributed by atoms with Crippen LogP contribution in [0.5, 0.6) is 11.5 Å². The highest BCUT2D eigenvalue weighted by Crippen LogP contribution is 2.39. The number of fused-ring (bicyclic) bond motifs is 1. The van der Waals surface area contributed by atoms with Gasteiger partial charge in [-0.1, -0.05) is 30.8 Å². The second-order valence-electron chi connectivity index (χ2n) is 5.16. The molecule has 3 rings (SSSR count). The maximum atomic E-state index is 12.6. The van der Waals surface area contributed by atoms with Crippen LogP contribution in [0.3, 0.4) is 0 Å². The van der Waals surface area contributed by atoms with Crippen LogP contribution in [0.15, 0.2) is 52.3 Å². The Balaban J connectivity index is 1.97. The van der Waals surface area contributed by atoms with Crippen molar-refractivity contribution >= 4 is 23.3 Å². The molecule has 0 amide bonds. The van der Waals surface area contributed by atoms with Crippen molar-refractivity contribution < 1.29 is 19.8 Å². The zero-order valence-corrected chi connectivity index (χ0v) is 13.2. The molecule has 5 heteroatoms. The van der Waals surface area contributed by atoms with E-state index in [1.165, 1.54) is 35.5 Å². The molecule has 0 aliphatic heterocycles. The Hall–Kier alpha value is -2.53. The minimum absolute atomic E-state index is 0.134. The molecule has 116 valence electrons. The van der Waals surface area contributed by atoms with Crippen LogP contribution in [-0.2, 0) is 6.42 Å². The molecule has 0 unspecified atom stereocenters. The molecule has 0 fully saturated rings. The average molecular weight is 326 g/mol. The summed E-state index contributed by atoms with van der Waals surface area (Å²) in [5.74, 6) is -1.55. The zero-order valence-electron chi connectivity index (χ0n) is 12.4. The Labute approximate surface area is 137 Å². The van der Waals surface area contributed by atoms with Crippen molar-refractivity contribution in [3.63, 3.8) is 0 Å². The fourth-order valence-electron chi connectivity index (χ4n) is 2.44. The molecule has 4 nitrogen and oxygen atoms in total. The van der Waals surface area contributed by atoms with E-state index in [1.807, 2.05) is 24.3 Å². The van der Waals surface area contributed by atoms with Gasteiger partial charge in [-0.05, 0) is 36.2 Å². The van der Waals surface area contributed by atoms with Gasteiger partial charge in [-0.25, -0.2) is 0 Å². The molecule has 1 aliphatic rings. The highest BCUT2D eigenvalue weighted by Gasteiger charge is 2.31. The van der Waals surface area contributed by atoms with E-state index in [9.17, 15) is 19.8 Å². The van der Waals surface area contributed by atoms with Gasteiger partial charge in [-0.15, -0.1) is 0 Å². The van der Waals surface area contributed by atoms with Crippen LogP contribution in [0.25, 0.3) is 0 Å². The Kier molecular flexibility index (Phi) is 3.96. The second-order valence-corrected chi connectivity index (χ2v) is 6.27. The van der Waals surface area contributed by atoms with E-state index < -0.39 is 11.6 Å². The van der Waals surface area contributed by atoms with Gasteiger partial charge in [0.15, 0.2) is 5.78 Å². The van der Waals surface area contributed by atoms with Crippen molar-refractivity contribution in [3.8, 4) is 11.5 Å². The monoisotopic (exact) mass is 326 g/mol. The first-order chi connectivity index (χ1) is 11.0. The molecule has 0 atom stereocenters. The first kappa shape index (κ1) is 15.4. The third-order valence-corrected chi connectivity index (χ3v) is 4.71. The topological polar surface area (TPSA) is 74.6 Å². The van der Waals surface area contributed by atoms with Crippen LogP contribution in [0.1, 0.15) is 33.2 Å². The quantitative estimate of drug-likeness (QED) is 0.841. The van der Waals surface area contributed by atoms with Crippen LogP contribution in [0.2, 0.25) is 0 Å². The zero-order chi connectivity index (χ0) is 16.6. The highest BCUT2D eigenvalue weighted by atomic mass is 32.2. The number of rotatable bonds is 3. The molecule has 0 heterocycles. The molecule has 0 radical (unpaired) electrons. The number of Topliss-reactive ketones (excluding diaryl/α,β-unsaturated/α-hetero) is 1. The maximum Gasteiger partial charge on any atom is 0.204 e. The first-order valence-electron chi connectivity index (χ1n) is 7.13. The van der Waals surface area contributed by atoms with E-state index in [2.05, 4.69) is 6.92 Å². The van der Waals surface area contributed by atoms with E-state index in [0.717, 1.165) is 11.3 Å². The van der Waals surface area contributed by atoms with Gasteiger partial charge in [0, 0.05) is 11.0 Å². The number of ketones is 2. The molecule has 23 heavy (non-hydrogen) atoms. The molecule has 0 spiro atoms. The number of thioether (sulfide) groups is 1. The predicted octanol–water partition coefficient (Wildman–Crippen LogP) is 3.72. The Morgan fingerprint density at radius 3 is 2.13 bits per heavy atom. The van der Waals surface area contributed by atoms with Crippen LogP contribution in [-0.4, -0.2) is 21.8 Å². The van der Waals surface area contributed by atoms with Crippen LogP contribution >= 0.6 is 11.8 Å². The van der Waals surface area contributed by atoms with Gasteiger partial charge < -0.3 is 10.2 Å². The summed E-state index contributed by atoms with van der Waals surface area (Å²) >= 11 is 1.17. The number of phenolic OH excluding ortho intramolecular Hbond substituents is 2. The fourth-order valence-corrected chi connectivity index (χ4v) is 3.32. The van der Waals surface area contributed by atoms with Gasteiger partial charge in [-0.3, -0.25) is 9.59 Å². The third-order valence-electron chi connectivity index (χ3n) is 3.68. The highest BCUT2D eigenvalue weighted by molar-refractivity contribution is 8.04. The number of allylic oxidation sites excluding steroid dienone is 2. The Morgan fingerprint density at radius 1 is 0.913 bits per heavy atom. The minimum Gasteiger partial charge on any atom is -0.507 e. The third kappa shape index (κ3) is 2.75. The molecule has 0 bridgehead atoms. The lowest BCUT2D eigenvalue weighted by Gasteiger charge is -2.16. The van der Waals surface area contributed by atoms with E-state index in [1.54, 1.807) is 0 Å². The minimum atomic E-state index is -0.485. The lowest BCUT2D eigenvalue weighted by atomic mass is 9.93.